The summed E-state index contributed by atoms with van der Waals surface area (Å²) in [5, 5.41) is 15.9. The number of hydrogen-bond acceptors (Lipinski definition) is 10. The number of aryl methyl sites for hydroxylation is 2. The van der Waals surface area contributed by atoms with E-state index in [1.54, 1.807) is 18.3 Å². The van der Waals surface area contributed by atoms with Crippen LogP contribution in [0, 0.1) is 41.5 Å². The molecule has 0 aromatic carbocycles. The van der Waals surface area contributed by atoms with Crippen LogP contribution in [-0.2, 0) is 0 Å². The number of anilines is 4. The Kier molecular flexibility index (Phi) is 9.24. The van der Waals surface area contributed by atoms with Crippen LogP contribution in [0.15, 0.2) is 36.7 Å². The minimum Gasteiger partial charge on any atom is -0.537 e. The topological polar surface area (TPSA) is 112 Å². The molecular formula is C34H41BClN8O2. The minimum absolute atomic E-state index is 0.555. The van der Waals surface area contributed by atoms with Crippen molar-refractivity contribution in [2.45, 2.75) is 66.5 Å². The number of nitrogens with one attached hydrogen (secondary N) is 2. The summed E-state index contributed by atoms with van der Waals surface area (Å²) < 4.78 is 4.68. The molecule has 2 fully saturated rings. The number of pyridine rings is 4. The van der Waals surface area contributed by atoms with Crippen LogP contribution in [0.4, 0.5) is 23.0 Å². The van der Waals surface area contributed by atoms with Gasteiger partial charge in [0.25, 0.3) is 0 Å². The van der Waals surface area contributed by atoms with Crippen molar-refractivity contribution in [2.75, 3.05) is 46.6 Å². The van der Waals surface area contributed by atoms with E-state index < -0.39 is 0 Å². The summed E-state index contributed by atoms with van der Waals surface area (Å²) >= 11 is 6.10. The highest BCUT2D eigenvalue weighted by Crippen LogP contribution is 2.41. The van der Waals surface area contributed by atoms with Gasteiger partial charge in [-0.2, -0.15) is 0 Å². The molecule has 4 aliphatic heterocycles. The molecule has 0 saturated carbocycles. The van der Waals surface area contributed by atoms with Gasteiger partial charge in [-0.05, 0) is 101 Å². The van der Waals surface area contributed by atoms with Gasteiger partial charge in [-0.25, -0.2) is 9.97 Å². The first kappa shape index (κ1) is 31.9. The fraction of sp³-hybridized carbons (Fsp3) is 0.412. The van der Waals surface area contributed by atoms with E-state index in [1.165, 1.54) is 40.9 Å². The van der Waals surface area contributed by atoms with Crippen LogP contribution in [0.3, 0.4) is 0 Å². The quantitative estimate of drug-likeness (QED) is 0.190. The summed E-state index contributed by atoms with van der Waals surface area (Å²) in [6.07, 6.45) is 5.89. The van der Waals surface area contributed by atoms with Gasteiger partial charge in [0, 0.05) is 67.6 Å². The summed E-state index contributed by atoms with van der Waals surface area (Å²) in [7, 11) is 0.648. The second-order valence-corrected chi connectivity index (χ2v) is 12.8. The molecule has 1 radical (unpaired) electrons. The highest BCUT2D eigenvalue weighted by molar-refractivity contribution is 6.30. The molecule has 8 rings (SSSR count). The molecule has 0 amide bonds. The van der Waals surface area contributed by atoms with Gasteiger partial charge in [0.1, 0.15) is 10.9 Å². The van der Waals surface area contributed by atoms with E-state index in [2.05, 4.69) is 66.9 Å². The maximum Gasteiger partial charge on any atom is 0.569 e. The largest absolute Gasteiger partial charge is 0.569 e. The minimum atomic E-state index is 0.555. The van der Waals surface area contributed by atoms with Gasteiger partial charge >= 0.3 is 7.69 Å². The van der Waals surface area contributed by atoms with Gasteiger partial charge in [-0.1, -0.05) is 11.6 Å². The summed E-state index contributed by atoms with van der Waals surface area (Å²) in [6.45, 7) is 16.9. The molecule has 8 heterocycles. The fourth-order valence-corrected chi connectivity index (χ4v) is 6.90. The Bertz CT molecular complexity index is 1760. The first-order valence-electron chi connectivity index (χ1n) is 15.8. The normalized spacial score (nSPS) is 18.2. The van der Waals surface area contributed by atoms with Crippen LogP contribution < -0.4 is 25.1 Å². The average Bonchev–Trinajstić information content (AvgIpc) is 3.60. The van der Waals surface area contributed by atoms with Crippen LogP contribution in [0.1, 0.15) is 46.5 Å². The predicted octanol–water partition coefficient (Wildman–Crippen LogP) is 5.72. The third-order valence-corrected chi connectivity index (χ3v) is 9.67. The van der Waals surface area contributed by atoms with Crippen LogP contribution >= 0.6 is 11.6 Å². The molecule has 2 atom stereocenters. The van der Waals surface area contributed by atoms with Crippen molar-refractivity contribution in [3.05, 3.63) is 75.5 Å². The molecule has 4 aromatic heterocycles. The lowest BCUT2D eigenvalue weighted by Crippen LogP contribution is -2.33. The molecule has 10 nitrogen and oxygen atoms in total. The van der Waals surface area contributed by atoms with Crippen molar-refractivity contribution in [2.24, 2.45) is 0 Å². The van der Waals surface area contributed by atoms with E-state index in [4.69, 9.17) is 21.6 Å². The first-order chi connectivity index (χ1) is 22.1. The molecule has 239 valence electrons. The zero-order chi connectivity index (χ0) is 32.5. The van der Waals surface area contributed by atoms with E-state index >= 15 is 0 Å². The van der Waals surface area contributed by atoms with Crippen LogP contribution in [-0.4, -0.2) is 70.9 Å². The maximum absolute atomic E-state index is 8.24. The van der Waals surface area contributed by atoms with Gasteiger partial charge in [0.2, 0.25) is 0 Å². The summed E-state index contributed by atoms with van der Waals surface area (Å²) in [6, 6.07) is 8.67. The van der Waals surface area contributed by atoms with Crippen molar-refractivity contribution < 1.29 is 9.68 Å². The molecule has 4 aromatic rings. The Morgan fingerprint density at radius 2 is 1.35 bits per heavy atom. The number of rotatable bonds is 3. The Hall–Kier alpha value is -4.09. The van der Waals surface area contributed by atoms with Gasteiger partial charge in [0.15, 0.2) is 11.6 Å². The maximum atomic E-state index is 8.24. The van der Waals surface area contributed by atoms with Crippen molar-refractivity contribution in [1.82, 2.24) is 19.9 Å². The fourth-order valence-electron chi connectivity index (χ4n) is 6.68. The third-order valence-electron chi connectivity index (χ3n) is 9.30. The van der Waals surface area contributed by atoms with E-state index in [-0.39, 0.29) is 0 Å². The smallest absolute Gasteiger partial charge is 0.537 e. The Morgan fingerprint density at radius 3 is 1.93 bits per heavy atom. The molecule has 46 heavy (non-hydrogen) atoms. The van der Waals surface area contributed by atoms with Crippen molar-refractivity contribution >= 4 is 42.3 Å². The summed E-state index contributed by atoms with van der Waals surface area (Å²) in [5.74, 6) is 2.61. The van der Waals surface area contributed by atoms with Crippen LogP contribution in [0.5, 0.6) is 5.75 Å². The molecule has 4 aliphatic rings. The number of aromatic nitrogens is 4. The third kappa shape index (κ3) is 6.44. The zero-order valence-electron chi connectivity index (χ0n) is 27.4. The van der Waals surface area contributed by atoms with Crippen molar-refractivity contribution in [3.8, 4) is 17.0 Å². The monoisotopic (exact) mass is 639 g/mol. The van der Waals surface area contributed by atoms with E-state index in [9.17, 15) is 0 Å². The average molecular weight is 640 g/mol. The Labute approximate surface area is 276 Å². The Balaban J connectivity index is 0.000000130. The Morgan fingerprint density at radius 1 is 0.783 bits per heavy atom. The number of fused-ring (bicyclic) bond motifs is 8. The van der Waals surface area contributed by atoms with Gasteiger partial charge < -0.3 is 30.1 Å². The molecule has 2 saturated heterocycles. The lowest BCUT2D eigenvalue weighted by atomic mass is 10.0. The summed E-state index contributed by atoms with van der Waals surface area (Å²) in [4.78, 5) is 22.5. The highest BCUT2D eigenvalue weighted by atomic mass is 35.5. The molecule has 0 spiro atoms. The molecule has 4 bridgehead atoms. The second-order valence-electron chi connectivity index (χ2n) is 12.5. The standard InChI is InChI=1S/C17H20N4.C11H14ClN3.C6H7BNO2/c1-10-8-13(4-6-18-10)15-11(2)12(3)16-17(20-15)19-14-5-7-21(16)9-14;1-6-7(2)10(12)14-11-9(6)15-4-3-8(5-15)13-11;1-5-4-6(10-7-9)2-3-8-5/h4,6,8,14H,5,7,9H2,1-3H3,(H,19,20);8H,3-5H2,1-2H3,(H,13,14);2-4,9H,1H3/t14-;8-;/m00./s1. The van der Waals surface area contributed by atoms with Crippen molar-refractivity contribution in [3.63, 3.8) is 0 Å². The first-order valence-corrected chi connectivity index (χ1v) is 16.2. The number of nitrogens with zero attached hydrogens (tertiary/aromatic N) is 6. The summed E-state index contributed by atoms with van der Waals surface area (Å²) in [5.41, 5.74) is 11.7. The lowest BCUT2D eigenvalue weighted by molar-refractivity contribution is 0.453. The van der Waals surface area contributed by atoms with Gasteiger partial charge in [-0.15, -0.1) is 0 Å². The second kappa shape index (κ2) is 13.3. The zero-order valence-corrected chi connectivity index (χ0v) is 28.1. The molecular weight excluding hydrogens is 599 g/mol. The van der Waals surface area contributed by atoms with Gasteiger partial charge in [-0.3, -0.25) is 9.97 Å². The van der Waals surface area contributed by atoms with E-state index in [0.717, 1.165) is 66.0 Å². The van der Waals surface area contributed by atoms with Crippen LogP contribution in [0.2, 0.25) is 5.15 Å². The van der Waals surface area contributed by atoms with Crippen LogP contribution in [0.25, 0.3) is 11.3 Å². The SMILES string of the molecule is Cc1c(Cl)nc2c(c1C)N1CC[C@@H](C1)N2.Cc1cc(-c2nc3c(c(C)c2C)N2CC[C@@H](C2)N3)ccn1.Cc1cc(O[B]O)ccn1. The number of halogens is 1. The lowest BCUT2D eigenvalue weighted by Gasteiger charge is -2.31. The predicted molar refractivity (Wildman–Crippen MR) is 186 cm³/mol. The highest BCUT2D eigenvalue weighted by Gasteiger charge is 2.34. The molecule has 12 heteroatoms. The molecule has 0 unspecified atom stereocenters. The van der Waals surface area contributed by atoms with E-state index in [0.29, 0.717) is 30.7 Å². The van der Waals surface area contributed by atoms with E-state index in [1.807, 2.05) is 33.0 Å². The molecule has 0 aliphatic carbocycles. The number of hydrogen-bond donors (Lipinski definition) is 3. The van der Waals surface area contributed by atoms with Crippen molar-refractivity contribution in [1.29, 1.82) is 0 Å². The van der Waals surface area contributed by atoms with Gasteiger partial charge in [0.05, 0.1) is 17.1 Å². The molecule has 3 N–H and O–H groups in total.